The fourth-order valence-electron chi connectivity index (χ4n) is 3.31. The molecule has 2 aromatic heterocycles. The fraction of sp³-hybridized carbons (Fsp3) is 0.526. The molecule has 8 heteroatoms. The molecule has 0 bridgehead atoms. The summed E-state index contributed by atoms with van der Waals surface area (Å²) in [7, 11) is 0. The second-order valence-corrected chi connectivity index (χ2v) is 7.89. The van der Waals surface area contributed by atoms with Crippen molar-refractivity contribution in [3.63, 3.8) is 0 Å². The summed E-state index contributed by atoms with van der Waals surface area (Å²) >= 11 is 1.38. The minimum absolute atomic E-state index is 0.00715. The summed E-state index contributed by atoms with van der Waals surface area (Å²) in [6.45, 7) is 6.05. The molecular formula is C19H26N4O3S. The number of nitrogens with zero attached hydrogens (tertiary/aromatic N) is 1. The molecule has 1 aliphatic heterocycles. The third kappa shape index (κ3) is 5.64. The molecule has 1 fully saturated rings. The van der Waals surface area contributed by atoms with Crippen LogP contribution in [0.25, 0.3) is 11.5 Å². The minimum Gasteiger partial charge on any atom is -0.458 e. The number of aromatic nitrogens is 1. The smallest absolute Gasteiger partial charge is 0.226 e. The Balaban J connectivity index is 1.52. The van der Waals surface area contributed by atoms with Crippen LogP contribution in [-0.2, 0) is 16.1 Å². The molecule has 7 nitrogen and oxygen atoms in total. The van der Waals surface area contributed by atoms with Crippen LogP contribution in [-0.4, -0.2) is 29.9 Å². The van der Waals surface area contributed by atoms with Gasteiger partial charge in [0.1, 0.15) is 11.5 Å². The van der Waals surface area contributed by atoms with Crippen LogP contribution in [0.3, 0.4) is 0 Å². The number of carbonyl (C=O) groups excluding carboxylic acids is 2. The van der Waals surface area contributed by atoms with Crippen LogP contribution >= 0.6 is 11.3 Å². The number of nitrogens with one attached hydrogen (secondary N) is 3. The van der Waals surface area contributed by atoms with E-state index in [0.29, 0.717) is 47.1 Å². The molecule has 27 heavy (non-hydrogen) atoms. The number of furan rings is 1. The van der Waals surface area contributed by atoms with Crippen molar-refractivity contribution in [2.45, 2.75) is 39.7 Å². The van der Waals surface area contributed by atoms with E-state index in [1.54, 1.807) is 0 Å². The lowest BCUT2D eigenvalue weighted by atomic mass is 9.84. The molecule has 1 atom stereocenters. The Morgan fingerprint density at radius 1 is 1.37 bits per heavy atom. The van der Waals surface area contributed by atoms with Gasteiger partial charge in [-0.2, -0.15) is 0 Å². The Bertz CT molecular complexity index is 780. The highest BCUT2D eigenvalue weighted by atomic mass is 32.1. The van der Waals surface area contributed by atoms with Gasteiger partial charge in [0.15, 0.2) is 10.9 Å². The van der Waals surface area contributed by atoms with E-state index in [-0.39, 0.29) is 11.8 Å². The van der Waals surface area contributed by atoms with Crippen molar-refractivity contribution >= 4 is 28.3 Å². The third-order valence-corrected chi connectivity index (χ3v) is 5.63. The normalized spacial score (nSPS) is 16.1. The van der Waals surface area contributed by atoms with E-state index >= 15 is 0 Å². The van der Waals surface area contributed by atoms with E-state index in [0.717, 1.165) is 25.9 Å². The maximum atomic E-state index is 12.3. The van der Waals surface area contributed by atoms with Crippen LogP contribution in [0.5, 0.6) is 0 Å². The highest BCUT2D eigenvalue weighted by molar-refractivity contribution is 7.14. The average molecular weight is 391 g/mol. The Morgan fingerprint density at radius 2 is 2.15 bits per heavy atom. The molecule has 2 amide bonds. The van der Waals surface area contributed by atoms with E-state index in [2.05, 4.69) is 27.9 Å². The van der Waals surface area contributed by atoms with E-state index < -0.39 is 0 Å². The molecule has 0 aliphatic carbocycles. The summed E-state index contributed by atoms with van der Waals surface area (Å²) < 4.78 is 5.69. The maximum Gasteiger partial charge on any atom is 0.226 e. The monoisotopic (exact) mass is 390 g/mol. The number of amides is 2. The topological polar surface area (TPSA) is 96.3 Å². The first-order chi connectivity index (χ1) is 13.0. The lowest BCUT2D eigenvalue weighted by Gasteiger charge is -2.27. The van der Waals surface area contributed by atoms with E-state index in [9.17, 15) is 9.59 Å². The molecule has 146 valence electrons. The van der Waals surface area contributed by atoms with Gasteiger partial charge in [-0.3, -0.25) is 9.59 Å². The molecule has 0 radical (unpaired) electrons. The largest absolute Gasteiger partial charge is 0.458 e. The second-order valence-electron chi connectivity index (χ2n) is 7.03. The SMILES string of the molecule is CC(=O)NCc1ccc(-c2csc(NC(=O)CC(C)C3CCNCC3)n2)o1. The summed E-state index contributed by atoms with van der Waals surface area (Å²) in [6, 6.07) is 3.63. The molecule has 3 N–H and O–H groups in total. The number of carbonyl (C=O) groups is 2. The first kappa shape index (κ1) is 19.6. The van der Waals surface area contributed by atoms with Crippen LogP contribution < -0.4 is 16.0 Å². The standard InChI is InChI=1S/C19H26N4O3S/c1-12(14-5-7-20-8-6-14)9-18(25)23-19-22-16(11-27-19)17-4-3-15(26-17)10-21-13(2)24/h3-4,11-12,14,20H,5-10H2,1-2H3,(H,21,24)(H,22,23,25). The summed E-state index contributed by atoms with van der Waals surface area (Å²) in [5.41, 5.74) is 0.677. The number of thiazole rings is 1. The van der Waals surface area contributed by atoms with Crippen LogP contribution in [0.2, 0.25) is 0 Å². The van der Waals surface area contributed by atoms with E-state index in [1.165, 1.54) is 18.3 Å². The Morgan fingerprint density at radius 3 is 2.89 bits per heavy atom. The molecular weight excluding hydrogens is 364 g/mol. The van der Waals surface area contributed by atoms with Crippen molar-refractivity contribution < 1.29 is 14.0 Å². The molecule has 0 aromatic carbocycles. The van der Waals surface area contributed by atoms with Gasteiger partial charge >= 0.3 is 0 Å². The van der Waals surface area contributed by atoms with Crippen LogP contribution in [0.15, 0.2) is 21.9 Å². The first-order valence-electron chi connectivity index (χ1n) is 9.31. The van der Waals surface area contributed by atoms with Crippen molar-refractivity contribution in [3.05, 3.63) is 23.3 Å². The summed E-state index contributed by atoms with van der Waals surface area (Å²) in [4.78, 5) is 27.8. The first-order valence-corrected chi connectivity index (χ1v) is 10.2. The van der Waals surface area contributed by atoms with Crippen LogP contribution in [0.1, 0.15) is 38.9 Å². The summed E-state index contributed by atoms with van der Waals surface area (Å²) in [5.74, 6) is 2.16. The van der Waals surface area contributed by atoms with Gasteiger partial charge in [0.25, 0.3) is 0 Å². The van der Waals surface area contributed by atoms with Crippen molar-refractivity contribution in [2.24, 2.45) is 11.8 Å². The van der Waals surface area contributed by atoms with Crippen molar-refractivity contribution in [1.29, 1.82) is 0 Å². The van der Waals surface area contributed by atoms with Gasteiger partial charge in [-0.15, -0.1) is 11.3 Å². The molecule has 2 aromatic rings. The molecule has 0 saturated carbocycles. The van der Waals surface area contributed by atoms with Gasteiger partial charge in [-0.1, -0.05) is 6.92 Å². The Kier molecular flexibility index (Phi) is 6.63. The van der Waals surface area contributed by atoms with Gasteiger partial charge < -0.3 is 20.4 Å². The lowest BCUT2D eigenvalue weighted by molar-refractivity contribution is -0.119. The van der Waals surface area contributed by atoms with Crippen LogP contribution in [0, 0.1) is 11.8 Å². The van der Waals surface area contributed by atoms with E-state index in [1.807, 2.05) is 17.5 Å². The Labute approximate surface area is 162 Å². The summed E-state index contributed by atoms with van der Waals surface area (Å²) in [6.07, 6.45) is 2.78. The lowest BCUT2D eigenvalue weighted by Crippen LogP contribution is -2.32. The van der Waals surface area contributed by atoms with Gasteiger partial charge in [0.2, 0.25) is 11.8 Å². The zero-order valence-corrected chi connectivity index (χ0v) is 16.5. The molecule has 1 saturated heterocycles. The van der Waals surface area contributed by atoms with Gasteiger partial charge in [0, 0.05) is 18.7 Å². The quantitative estimate of drug-likeness (QED) is 0.675. The fourth-order valence-corrected chi connectivity index (χ4v) is 4.03. The number of anilines is 1. The van der Waals surface area contributed by atoms with E-state index in [4.69, 9.17) is 4.42 Å². The van der Waals surface area contributed by atoms with Gasteiger partial charge in [-0.25, -0.2) is 4.98 Å². The minimum atomic E-state index is -0.106. The number of rotatable bonds is 7. The van der Waals surface area contributed by atoms with Gasteiger partial charge in [0.05, 0.1) is 6.54 Å². The maximum absolute atomic E-state index is 12.3. The highest BCUT2D eigenvalue weighted by Crippen LogP contribution is 2.28. The van der Waals surface area contributed by atoms with Crippen molar-refractivity contribution in [1.82, 2.24) is 15.6 Å². The predicted octanol–water partition coefficient (Wildman–Crippen LogP) is 3.00. The molecule has 1 aliphatic rings. The predicted molar refractivity (Wildman–Crippen MR) is 105 cm³/mol. The van der Waals surface area contributed by atoms with Crippen molar-refractivity contribution in [3.8, 4) is 11.5 Å². The molecule has 3 heterocycles. The third-order valence-electron chi connectivity index (χ3n) is 4.87. The van der Waals surface area contributed by atoms with Gasteiger partial charge in [-0.05, 0) is 49.9 Å². The number of hydrogen-bond donors (Lipinski definition) is 3. The van der Waals surface area contributed by atoms with Crippen LogP contribution in [0.4, 0.5) is 5.13 Å². The average Bonchev–Trinajstić information content (AvgIpc) is 3.29. The molecule has 1 unspecified atom stereocenters. The molecule has 3 rings (SSSR count). The zero-order chi connectivity index (χ0) is 19.2. The number of piperidine rings is 1. The summed E-state index contributed by atoms with van der Waals surface area (Å²) in [5, 5.41) is 11.4. The Hall–Kier alpha value is -2.19. The zero-order valence-electron chi connectivity index (χ0n) is 15.7. The second kappa shape index (κ2) is 9.14. The number of hydrogen-bond acceptors (Lipinski definition) is 6. The van der Waals surface area contributed by atoms with Crippen molar-refractivity contribution in [2.75, 3.05) is 18.4 Å². The molecule has 0 spiro atoms. The highest BCUT2D eigenvalue weighted by Gasteiger charge is 2.22.